The number of fused-ring (bicyclic) bond motifs is 1. The van der Waals surface area contributed by atoms with Crippen LogP contribution in [0, 0.1) is 0 Å². The highest BCUT2D eigenvalue weighted by Crippen LogP contribution is 2.30. The van der Waals surface area contributed by atoms with E-state index >= 15 is 0 Å². The number of piperidine rings is 1. The standard InChI is InChI=1S/C22H18ClF2N3O4/c23-15-4-2-14(3-5-15)22(24,25)21(32)26-10-12-1-6-16-13(9-12)11-28(20(16)31)17-7-8-18(29)27-19(17)30/h1-6,9,17H,7-8,10-11H2,(H,26,32)(H,27,29,30)/i1D,9D,10D,11D2/hD. The summed E-state index contributed by atoms with van der Waals surface area (Å²) in [4.78, 5) is 50.0. The average Bonchev–Trinajstić information content (AvgIpc) is 3.03. The van der Waals surface area contributed by atoms with Gasteiger partial charge in [0, 0.05) is 35.6 Å². The van der Waals surface area contributed by atoms with Crippen LogP contribution in [-0.4, -0.2) is 34.6 Å². The zero-order valence-corrected chi connectivity index (χ0v) is 16.9. The topological polar surface area (TPSA) is 95.6 Å². The number of rotatable bonds is 5. The molecule has 2 N–H and O–H groups in total. The number of nitrogens with one attached hydrogen (secondary N) is 2. The van der Waals surface area contributed by atoms with Crippen molar-refractivity contribution in [1.29, 1.82) is 0 Å². The van der Waals surface area contributed by atoms with Gasteiger partial charge in [-0.05, 0) is 35.7 Å². The van der Waals surface area contributed by atoms with Gasteiger partial charge >= 0.3 is 5.92 Å². The fourth-order valence-corrected chi connectivity index (χ4v) is 3.35. The molecule has 2 atom stereocenters. The summed E-state index contributed by atoms with van der Waals surface area (Å²) < 4.78 is 79.5. The van der Waals surface area contributed by atoms with Crippen LogP contribution in [0.3, 0.4) is 0 Å². The summed E-state index contributed by atoms with van der Waals surface area (Å²) in [6, 6.07) is 1.62. The SMILES string of the molecule is [2H]c1cc2c(c([2H])c1C([2H])N([2H])C(=O)C(F)(F)c1ccc(Cl)cc1)C([2H])([2H])N(C1CCC(=O)NC1=O)C2=O. The number of amides is 4. The minimum Gasteiger partial charge on any atom is -0.346 e. The van der Waals surface area contributed by atoms with Crippen molar-refractivity contribution in [2.24, 2.45) is 0 Å². The minimum absolute atomic E-state index is 0.115. The highest BCUT2D eigenvalue weighted by Gasteiger charge is 2.41. The highest BCUT2D eigenvalue weighted by atomic mass is 35.5. The van der Waals surface area contributed by atoms with Gasteiger partial charge in [0.2, 0.25) is 11.8 Å². The van der Waals surface area contributed by atoms with Crippen molar-refractivity contribution in [3.63, 3.8) is 0 Å². The second-order valence-electron chi connectivity index (χ2n) is 7.01. The van der Waals surface area contributed by atoms with Crippen molar-refractivity contribution in [1.82, 2.24) is 15.5 Å². The first-order valence-corrected chi connectivity index (χ1v) is 9.69. The number of alkyl halides is 2. The summed E-state index contributed by atoms with van der Waals surface area (Å²) in [5.41, 5.74) is -2.72. The van der Waals surface area contributed by atoms with Crippen LogP contribution in [-0.2, 0) is 33.3 Å². The second kappa shape index (κ2) is 8.31. The normalized spacial score (nSPS) is 23.7. The molecular weight excluding hydrogens is 444 g/mol. The number of carbonyl (C=O) groups is 4. The summed E-state index contributed by atoms with van der Waals surface area (Å²) in [5.74, 6) is -9.03. The van der Waals surface area contributed by atoms with Crippen LogP contribution in [0.25, 0.3) is 0 Å². The molecule has 0 bridgehead atoms. The van der Waals surface area contributed by atoms with E-state index < -0.39 is 88.3 Å². The largest absolute Gasteiger partial charge is 0.349 e. The predicted octanol–water partition coefficient (Wildman–Crippen LogP) is 2.51. The third-order valence-electron chi connectivity index (χ3n) is 4.89. The Morgan fingerprint density at radius 3 is 2.75 bits per heavy atom. The summed E-state index contributed by atoms with van der Waals surface area (Å²) >= 11 is 5.68. The van der Waals surface area contributed by atoms with Crippen molar-refractivity contribution in [2.45, 2.75) is 37.8 Å². The fraction of sp³-hybridized carbons (Fsp3) is 0.273. The molecule has 2 aliphatic heterocycles. The molecule has 2 aliphatic rings. The lowest BCUT2D eigenvalue weighted by atomic mass is 10.0. The Bertz CT molecular complexity index is 1380. The van der Waals surface area contributed by atoms with Crippen LogP contribution in [0.15, 0.2) is 42.4 Å². The van der Waals surface area contributed by atoms with Crippen LogP contribution >= 0.6 is 11.6 Å². The Kier molecular flexibility index (Phi) is 4.02. The molecule has 4 rings (SSSR count). The smallest absolute Gasteiger partial charge is 0.346 e. The maximum Gasteiger partial charge on any atom is 0.349 e. The number of hydrogen-bond acceptors (Lipinski definition) is 4. The third-order valence-corrected chi connectivity index (χ3v) is 5.14. The first-order valence-electron chi connectivity index (χ1n) is 12.3. The van der Waals surface area contributed by atoms with E-state index in [4.69, 9.17) is 19.9 Å². The van der Waals surface area contributed by atoms with Gasteiger partial charge in [-0.3, -0.25) is 24.5 Å². The number of benzene rings is 2. The molecule has 2 heterocycles. The first-order chi connectivity index (χ1) is 17.6. The molecule has 10 heteroatoms. The number of imide groups is 1. The maximum absolute atomic E-state index is 14.8. The van der Waals surface area contributed by atoms with Crippen LogP contribution in [0.5, 0.6) is 0 Å². The molecule has 4 amide bonds. The highest BCUT2D eigenvalue weighted by molar-refractivity contribution is 6.30. The van der Waals surface area contributed by atoms with Gasteiger partial charge in [-0.15, -0.1) is 0 Å². The number of hydrogen-bond donors (Lipinski definition) is 2. The van der Waals surface area contributed by atoms with E-state index in [0.717, 1.165) is 30.3 Å². The van der Waals surface area contributed by atoms with Crippen molar-refractivity contribution < 1.29 is 36.2 Å². The molecule has 2 aromatic carbocycles. The quantitative estimate of drug-likeness (QED) is 0.660. The second-order valence-corrected chi connectivity index (χ2v) is 7.45. The van der Waals surface area contributed by atoms with Gasteiger partial charge in [-0.1, -0.05) is 35.8 Å². The van der Waals surface area contributed by atoms with Gasteiger partial charge in [-0.2, -0.15) is 8.78 Å². The lowest BCUT2D eigenvalue weighted by Gasteiger charge is -2.29. The summed E-state index contributed by atoms with van der Waals surface area (Å²) in [6.45, 7) is -5.21. The van der Waals surface area contributed by atoms with E-state index in [0.29, 0.717) is 4.90 Å². The van der Waals surface area contributed by atoms with E-state index in [-0.39, 0.29) is 17.9 Å². The Morgan fingerprint density at radius 1 is 1.34 bits per heavy atom. The lowest BCUT2D eigenvalue weighted by Crippen LogP contribution is -2.52. The van der Waals surface area contributed by atoms with Crippen molar-refractivity contribution >= 4 is 35.2 Å². The van der Waals surface area contributed by atoms with Crippen molar-refractivity contribution in [3.05, 3.63) is 69.7 Å². The van der Waals surface area contributed by atoms with Gasteiger partial charge in [0.25, 0.3) is 11.8 Å². The van der Waals surface area contributed by atoms with Gasteiger partial charge in [-0.25, -0.2) is 0 Å². The Morgan fingerprint density at radius 2 is 2.06 bits per heavy atom. The van der Waals surface area contributed by atoms with E-state index in [1.54, 1.807) is 0 Å². The van der Waals surface area contributed by atoms with Crippen LogP contribution in [0.2, 0.25) is 6.43 Å². The minimum atomic E-state index is -4.28. The molecule has 7 nitrogen and oxygen atoms in total. The van der Waals surface area contributed by atoms with E-state index in [1.165, 1.54) is 0 Å². The van der Waals surface area contributed by atoms with Gasteiger partial charge < -0.3 is 10.2 Å². The zero-order chi connectivity index (χ0) is 28.3. The van der Waals surface area contributed by atoms with E-state index in [2.05, 4.69) is 0 Å². The molecule has 32 heavy (non-hydrogen) atoms. The fourth-order valence-electron chi connectivity index (χ4n) is 3.22. The molecule has 1 saturated heterocycles. The molecule has 0 aliphatic carbocycles. The van der Waals surface area contributed by atoms with Crippen LogP contribution < -0.4 is 10.6 Å². The molecule has 0 aromatic heterocycles. The number of nitrogens with zero attached hydrogens (tertiary/aromatic N) is 1. The van der Waals surface area contributed by atoms with Gasteiger partial charge in [0.1, 0.15) is 6.04 Å². The monoisotopic (exact) mass is 467 g/mol. The van der Waals surface area contributed by atoms with Crippen molar-refractivity contribution in [3.8, 4) is 0 Å². The summed E-state index contributed by atoms with van der Waals surface area (Å²) in [5, 5.41) is 1.69. The van der Waals surface area contributed by atoms with Gasteiger partial charge in [0.15, 0.2) is 1.41 Å². The molecule has 1 fully saturated rings. The zero-order valence-electron chi connectivity index (χ0n) is 22.1. The summed E-state index contributed by atoms with van der Waals surface area (Å²) in [7, 11) is 0. The number of halogens is 3. The Hall–Kier alpha value is -3.33. The lowest BCUT2D eigenvalue weighted by molar-refractivity contribution is -0.147. The predicted molar refractivity (Wildman–Crippen MR) is 110 cm³/mol. The van der Waals surface area contributed by atoms with Gasteiger partial charge in [0.05, 0.1) is 6.85 Å². The van der Waals surface area contributed by atoms with E-state index in [9.17, 15) is 28.0 Å². The third kappa shape index (κ3) is 4.08. The number of carbonyl (C=O) groups excluding carboxylic acids is 4. The Balaban J connectivity index is 1.71. The molecule has 0 radical (unpaired) electrons. The first kappa shape index (κ1) is 15.5. The molecular formula is C22H18ClF2N3O4. The molecule has 166 valence electrons. The molecule has 0 saturated carbocycles. The summed E-state index contributed by atoms with van der Waals surface area (Å²) in [6.07, 6.45) is -0.379. The Labute approximate surface area is 195 Å². The molecule has 0 spiro atoms. The average molecular weight is 468 g/mol. The van der Waals surface area contributed by atoms with Crippen LogP contribution in [0.1, 0.15) is 46.7 Å². The van der Waals surface area contributed by atoms with Crippen LogP contribution in [0.4, 0.5) is 8.78 Å². The molecule has 2 aromatic rings. The van der Waals surface area contributed by atoms with E-state index in [1.807, 2.05) is 5.32 Å². The van der Waals surface area contributed by atoms with Crippen molar-refractivity contribution in [2.75, 3.05) is 0 Å². The molecule has 2 unspecified atom stereocenters. The maximum atomic E-state index is 14.8.